The molecule has 2 rings (SSSR count). The zero-order valence-corrected chi connectivity index (χ0v) is 11.0. The summed E-state index contributed by atoms with van der Waals surface area (Å²) in [6.45, 7) is 3.14. The molecule has 1 amide bonds. The van der Waals surface area contributed by atoms with Gasteiger partial charge in [-0.1, -0.05) is 0 Å². The van der Waals surface area contributed by atoms with Gasteiger partial charge in [0.1, 0.15) is 5.69 Å². The molecule has 1 aromatic heterocycles. The zero-order chi connectivity index (χ0) is 14.8. The van der Waals surface area contributed by atoms with Crippen LogP contribution in [0.3, 0.4) is 0 Å². The van der Waals surface area contributed by atoms with Crippen molar-refractivity contribution in [1.82, 2.24) is 15.6 Å². The fourth-order valence-electron chi connectivity index (χ4n) is 2.18. The van der Waals surface area contributed by atoms with Crippen molar-refractivity contribution in [1.29, 1.82) is 0 Å². The number of aryl methyl sites for hydroxylation is 1. The Labute approximate surface area is 114 Å². The van der Waals surface area contributed by atoms with Crippen LogP contribution >= 0.6 is 0 Å². The summed E-state index contributed by atoms with van der Waals surface area (Å²) in [5.74, 6) is -0.365. The van der Waals surface area contributed by atoms with Crippen molar-refractivity contribution in [2.75, 3.05) is 13.1 Å². The van der Waals surface area contributed by atoms with E-state index in [1.165, 1.54) is 6.92 Å². The number of aromatic nitrogens is 1. The van der Waals surface area contributed by atoms with Gasteiger partial charge in [-0.25, -0.2) is 0 Å². The molecule has 0 aromatic carbocycles. The second-order valence-corrected chi connectivity index (χ2v) is 4.88. The fraction of sp³-hybridized carbons (Fsp3) is 0.538. The van der Waals surface area contributed by atoms with Gasteiger partial charge in [-0.05, 0) is 44.5 Å². The molecule has 0 unspecified atom stereocenters. The van der Waals surface area contributed by atoms with Crippen molar-refractivity contribution in [3.05, 3.63) is 29.1 Å². The summed E-state index contributed by atoms with van der Waals surface area (Å²) in [5.41, 5.74) is -0.510. The molecule has 7 heteroatoms. The lowest BCUT2D eigenvalue weighted by Crippen LogP contribution is -2.42. The number of pyridine rings is 1. The van der Waals surface area contributed by atoms with Gasteiger partial charge >= 0.3 is 6.18 Å². The summed E-state index contributed by atoms with van der Waals surface area (Å²) in [4.78, 5) is 15.4. The Kier molecular flexibility index (Phi) is 4.27. The van der Waals surface area contributed by atoms with Crippen LogP contribution in [-0.2, 0) is 6.18 Å². The van der Waals surface area contributed by atoms with Gasteiger partial charge in [0.15, 0.2) is 0 Å². The van der Waals surface area contributed by atoms with E-state index >= 15 is 0 Å². The summed E-state index contributed by atoms with van der Waals surface area (Å²) in [7, 11) is 0. The van der Waals surface area contributed by atoms with Crippen LogP contribution < -0.4 is 10.6 Å². The lowest BCUT2D eigenvalue weighted by atomic mass is 10.0. The molecule has 1 aliphatic rings. The van der Waals surface area contributed by atoms with E-state index in [1.54, 1.807) is 0 Å². The average Bonchev–Trinajstić information content (AvgIpc) is 2.38. The van der Waals surface area contributed by atoms with E-state index in [4.69, 9.17) is 0 Å². The Morgan fingerprint density at radius 1 is 1.40 bits per heavy atom. The minimum atomic E-state index is -4.49. The minimum absolute atomic E-state index is 0.0606. The van der Waals surface area contributed by atoms with Crippen molar-refractivity contribution in [2.24, 2.45) is 0 Å². The number of carbonyl (C=O) groups excluding carboxylic acids is 1. The number of rotatable bonds is 2. The highest BCUT2D eigenvalue weighted by molar-refractivity contribution is 5.95. The topological polar surface area (TPSA) is 54.0 Å². The average molecular weight is 287 g/mol. The van der Waals surface area contributed by atoms with Crippen molar-refractivity contribution in [3.63, 3.8) is 0 Å². The molecule has 110 valence electrons. The number of halogens is 3. The number of piperidine rings is 1. The van der Waals surface area contributed by atoms with E-state index in [0.717, 1.165) is 38.2 Å². The van der Waals surface area contributed by atoms with E-state index < -0.39 is 11.9 Å². The molecular formula is C13H16F3N3O. The molecule has 0 spiro atoms. The molecule has 1 aromatic rings. The normalized spacial score (nSPS) is 17.0. The first-order chi connectivity index (χ1) is 9.38. The Bertz CT molecular complexity index is 496. The Morgan fingerprint density at radius 3 is 2.60 bits per heavy atom. The van der Waals surface area contributed by atoms with Crippen LogP contribution in [0.1, 0.15) is 34.5 Å². The molecule has 20 heavy (non-hydrogen) atoms. The van der Waals surface area contributed by atoms with Crippen LogP contribution in [0.5, 0.6) is 0 Å². The largest absolute Gasteiger partial charge is 0.433 e. The van der Waals surface area contributed by atoms with Crippen LogP contribution in [0.2, 0.25) is 0 Å². The number of carbonyl (C=O) groups is 1. The van der Waals surface area contributed by atoms with Gasteiger partial charge in [0.2, 0.25) is 0 Å². The monoisotopic (exact) mass is 287 g/mol. The van der Waals surface area contributed by atoms with Crippen molar-refractivity contribution >= 4 is 5.91 Å². The molecule has 0 aliphatic carbocycles. The van der Waals surface area contributed by atoms with E-state index in [1.807, 2.05) is 0 Å². The molecule has 1 fully saturated rings. The third kappa shape index (κ3) is 3.47. The molecular weight excluding hydrogens is 271 g/mol. The van der Waals surface area contributed by atoms with E-state index in [9.17, 15) is 18.0 Å². The molecule has 0 radical (unpaired) electrons. The van der Waals surface area contributed by atoms with Crippen molar-refractivity contribution < 1.29 is 18.0 Å². The summed E-state index contributed by atoms with van der Waals surface area (Å²) in [6, 6.07) is 0.961. The van der Waals surface area contributed by atoms with Crippen LogP contribution in [0.25, 0.3) is 0 Å². The third-order valence-electron chi connectivity index (χ3n) is 3.32. The first-order valence-corrected chi connectivity index (χ1v) is 6.43. The number of hydrogen-bond acceptors (Lipinski definition) is 3. The van der Waals surface area contributed by atoms with Gasteiger partial charge in [-0.15, -0.1) is 0 Å². The van der Waals surface area contributed by atoms with Gasteiger partial charge in [0.25, 0.3) is 5.91 Å². The van der Waals surface area contributed by atoms with Crippen LogP contribution in [-0.4, -0.2) is 30.0 Å². The highest BCUT2D eigenvalue weighted by Crippen LogP contribution is 2.28. The first kappa shape index (κ1) is 14.8. The van der Waals surface area contributed by atoms with Gasteiger partial charge in [-0.2, -0.15) is 13.2 Å². The second kappa shape index (κ2) is 5.78. The van der Waals surface area contributed by atoms with Crippen LogP contribution in [0.15, 0.2) is 12.3 Å². The molecule has 0 saturated carbocycles. The summed E-state index contributed by atoms with van der Waals surface area (Å²) < 4.78 is 37.5. The Balaban J connectivity index is 2.10. The Morgan fingerprint density at radius 2 is 2.05 bits per heavy atom. The smallest absolute Gasteiger partial charge is 0.349 e. The number of nitrogens with one attached hydrogen (secondary N) is 2. The Hall–Kier alpha value is -1.63. The first-order valence-electron chi connectivity index (χ1n) is 6.43. The van der Waals surface area contributed by atoms with Gasteiger partial charge in [-0.3, -0.25) is 9.78 Å². The van der Waals surface area contributed by atoms with E-state index in [-0.39, 0.29) is 23.1 Å². The number of alkyl halides is 3. The lowest BCUT2D eigenvalue weighted by Gasteiger charge is -2.24. The maximum Gasteiger partial charge on any atom is 0.433 e. The minimum Gasteiger partial charge on any atom is -0.349 e. The highest BCUT2D eigenvalue weighted by Gasteiger charge is 2.33. The summed E-state index contributed by atoms with van der Waals surface area (Å²) in [6.07, 6.45) is -1.86. The molecule has 2 N–H and O–H groups in total. The standard InChI is InChI=1S/C13H16F3N3O/c1-8-6-11(13(14,15)16)18-7-10(8)12(20)19-9-2-4-17-5-3-9/h6-7,9,17H,2-5H2,1H3,(H,19,20). The molecule has 1 saturated heterocycles. The van der Waals surface area contributed by atoms with Gasteiger partial charge < -0.3 is 10.6 Å². The van der Waals surface area contributed by atoms with E-state index in [2.05, 4.69) is 15.6 Å². The molecule has 0 bridgehead atoms. The zero-order valence-electron chi connectivity index (χ0n) is 11.0. The number of nitrogens with zero attached hydrogens (tertiary/aromatic N) is 1. The fourth-order valence-corrected chi connectivity index (χ4v) is 2.18. The SMILES string of the molecule is Cc1cc(C(F)(F)F)ncc1C(=O)NC1CCNCC1. The molecule has 4 nitrogen and oxygen atoms in total. The van der Waals surface area contributed by atoms with Gasteiger partial charge in [0.05, 0.1) is 5.56 Å². The van der Waals surface area contributed by atoms with Crippen LogP contribution in [0, 0.1) is 6.92 Å². The highest BCUT2D eigenvalue weighted by atomic mass is 19.4. The molecule has 1 aliphatic heterocycles. The molecule has 0 atom stereocenters. The quantitative estimate of drug-likeness (QED) is 0.873. The lowest BCUT2D eigenvalue weighted by molar-refractivity contribution is -0.141. The number of hydrogen-bond donors (Lipinski definition) is 2. The number of amides is 1. The summed E-state index contributed by atoms with van der Waals surface area (Å²) in [5, 5.41) is 6.01. The maximum atomic E-state index is 12.5. The van der Waals surface area contributed by atoms with Crippen LogP contribution in [0.4, 0.5) is 13.2 Å². The second-order valence-electron chi connectivity index (χ2n) is 4.88. The predicted octanol–water partition coefficient (Wildman–Crippen LogP) is 1.89. The van der Waals surface area contributed by atoms with Gasteiger partial charge in [0, 0.05) is 12.2 Å². The third-order valence-corrected chi connectivity index (χ3v) is 3.32. The van der Waals surface area contributed by atoms with E-state index in [0.29, 0.717) is 0 Å². The van der Waals surface area contributed by atoms with Crippen molar-refractivity contribution in [2.45, 2.75) is 32.0 Å². The maximum absolute atomic E-state index is 12.5. The molecule has 2 heterocycles. The predicted molar refractivity (Wildman–Crippen MR) is 67.3 cm³/mol. The summed E-state index contributed by atoms with van der Waals surface area (Å²) >= 11 is 0. The van der Waals surface area contributed by atoms with Crippen molar-refractivity contribution in [3.8, 4) is 0 Å².